The average Bonchev–Trinajstić information content (AvgIpc) is 2.27. The molecule has 0 aliphatic heterocycles. The summed E-state index contributed by atoms with van der Waals surface area (Å²) >= 11 is 0. The van der Waals surface area contributed by atoms with E-state index in [0.29, 0.717) is 10.8 Å². The number of nitrogens with zero attached hydrogens (tertiary/aromatic N) is 2. The molecular formula is C10H8N2O3. The highest BCUT2D eigenvalue weighted by Crippen LogP contribution is 2.24. The van der Waals surface area contributed by atoms with E-state index in [-0.39, 0.29) is 11.4 Å². The zero-order chi connectivity index (χ0) is 10.8. The fourth-order valence-electron chi connectivity index (χ4n) is 1.41. The number of hydrogen-bond acceptors (Lipinski definition) is 4. The van der Waals surface area contributed by atoms with Crippen molar-refractivity contribution >= 4 is 16.7 Å². The predicted molar refractivity (Wildman–Crippen MR) is 53.0 cm³/mol. The van der Waals surface area contributed by atoms with E-state index in [4.69, 9.17) is 9.84 Å². The van der Waals surface area contributed by atoms with E-state index in [1.165, 1.54) is 19.5 Å². The number of methoxy groups -OCH3 is 1. The van der Waals surface area contributed by atoms with E-state index in [1.54, 1.807) is 12.3 Å². The van der Waals surface area contributed by atoms with Crippen molar-refractivity contribution in [1.29, 1.82) is 0 Å². The van der Waals surface area contributed by atoms with Crippen molar-refractivity contribution in [3.8, 4) is 5.88 Å². The van der Waals surface area contributed by atoms with Crippen LogP contribution in [0.25, 0.3) is 10.8 Å². The molecule has 0 amide bonds. The normalized spacial score (nSPS) is 10.2. The van der Waals surface area contributed by atoms with Crippen LogP contribution >= 0.6 is 0 Å². The highest BCUT2D eigenvalue weighted by atomic mass is 16.5. The SMILES string of the molecule is COc1ncc2cnccc2c1C(=O)O. The number of aromatic nitrogens is 2. The Morgan fingerprint density at radius 2 is 2.27 bits per heavy atom. The molecule has 0 spiro atoms. The summed E-state index contributed by atoms with van der Waals surface area (Å²) in [6, 6.07) is 1.63. The molecule has 0 bridgehead atoms. The Kier molecular flexibility index (Phi) is 2.21. The van der Waals surface area contributed by atoms with Crippen LogP contribution in [0.5, 0.6) is 5.88 Å². The molecule has 0 fully saturated rings. The molecule has 76 valence electrons. The zero-order valence-corrected chi connectivity index (χ0v) is 7.97. The van der Waals surface area contributed by atoms with Crippen LogP contribution in [-0.2, 0) is 0 Å². The van der Waals surface area contributed by atoms with Crippen LogP contribution in [0.2, 0.25) is 0 Å². The topological polar surface area (TPSA) is 72.3 Å². The molecule has 15 heavy (non-hydrogen) atoms. The van der Waals surface area contributed by atoms with Crippen LogP contribution in [0.1, 0.15) is 10.4 Å². The van der Waals surface area contributed by atoms with Gasteiger partial charge in [-0.25, -0.2) is 9.78 Å². The largest absolute Gasteiger partial charge is 0.480 e. The van der Waals surface area contributed by atoms with Crippen LogP contribution in [0.4, 0.5) is 0 Å². The second-order valence-corrected chi connectivity index (χ2v) is 2.91. The summed E-state index contributed by atoms with van der Waals surface area (Å²) in [7, 11) is 1.39. The number of hydrogen-bond donors (Lipinski definition) is 1. The minimum absolute atomic E-state index is 0.0670. The van der Waals surface area contributed by atoms with Crippen molar-refractivity contribution in [3.63, 3.8) is 0 Å². The van der Waals surface area contributed by atoms with Crippen molar-refractivity contribution in [3.05, 3.63) is 30.2 Å². The molecule has 2 rings (SSSR count). The number of fused-ring (bicyclic) bond motifs is 1. The fraction of sp³-hybridized carbons (Fsp3) is 0.100. The van der Waals surface area contributed by atoms with Gasteiger partial charge in [-0.05, 0) is 6.07 Å². The van der Waals surface area contributed by atoms with Gasteiger partial charge >= 0.3 is 5.97 Å². The number of rotatable bonds is 2. The highest BCUT2D eigenvalue weighted by Gasteiger charge is 2.16. The predicted octanol–water partition coefficient (Wildman–Crippen LogP) is 1.34. The van der Waals surface area contributed by atoms with Gasteiger partial charge in [0.05, 0.1) is 7.11 Å². The van der Waals surface area contributed by atoms with Crippen molar-refractivity contribution in [2.24, 2.45) is 0 Å². The smallest absolute Gasteiger partial charge is 0.341 e. The maximum absolute atomic E-state index is 11.1. The van der Waals surface area contributed by atoms with Crippen LogP contribution in [0.3, 0.4) is 0 Å². The lowest BCUT2D eigenvalue weighted by Gasteiger charge is -2.06. The van der Waals surface area contributed by atoms with Crippen molar-refractivity contribution in [2.45, 2.75) is 0 Å². The summed E-state index contributed by atoms with van der Waals surface area (Å²) < 4.78 is 4.90. The molecule has 1 N–H and O–H groups in total. The summed E-state index contributed by atoms with van der Waals surface area (Å²) in [4.78, 5) is 18.9. The van der Waals surface area contributed by atoms with Gasteiger partial charge in [0.1, 0.15) is 5.56 Å². The maximum atomic E-state index is 11.1. The summed E-state index contributed by atoms with van der Waals surface area (Å²) in [5.41, 5.74) is 0.0670. The Hall–Kier alpha value is -2.17. The monoisotopic (exact) mass is 204 g/mol. The Morgan fingerprint density at radius 1 is 1.47 bits per heavy atom. The number of carboxylic acids is 1. The van der Waals surface area contributed by atoms with E-state index in [9.17, 15) is 4.79 Å². The van der Waals surface area contributed by atoms with Crippen LogP contribution in [0, 0.1) is 0 Å². The van der Waals surface area contributed by atoms with E-state index < -0.39 is 5.97 Å². The molecule has 0 aliphatic carbocycles. The molecule has 0 aliphatic rings. The molecule has 0 atom stereocenters. The van der Waals surface area contributed by atoms with Crippen molar-refractivity contribution in [2.75, 3.05) is 7.11 Å². The Balaban J connectivity index is 2.85. The lowest BCUT2D eigenvalue weighted by atomic mass is 10.1. The van der Waals surface area contributed by atoms with Crippen LogP contribution in [-0.4, -0.2) is 28.2 Å². The first-order valence-corrected chi connectivity index (χ1v) is 4.24. The number of aromatic carboxylic acids is 1. The minimum atomic E-state index is -1.06. The van der Waals surface area contributed by atoms with Crippen LogP contribution < -0.4 is 4.74 Å². The Bertz CT molecular complexity index is 525. The quantitative estimate of drug-likeness (QED) is 0.799. The van der Waals surface area contributed by atoms with Crippen LogP contribution in [0.15, 0.2) is 24.7 Å². The molecule has 0 saturated heterocycles. The molecule has 0 saturated carbocycles. The molecule has 2 heterocycles. The van der Waals surface area contributed by atoms with Gasteiger partial charge in [-0.1, -0.05) is 0 Å². The minimum Gasteiger partial charge on any atom is -0.480 e. The van der Waals surface area contributed by atoms with E-state index >= 15 is 0 Å². The van der Waals surface area contributed by atoms with Gasteiger partial charge in [0.2, 0.25) is 5.88 Å². The van der Waals surface area contributed by atoms with Gasteiger partial charge in [-0.3, -0.25) is 4.98 Å². The molecule has 0 aromatic carbocycles. The molecular weight excluding hydrogens is 196 g/mol. The Labute approximate surface area is 85.4 Å². The molecule has 5 nitrogen and oxygen atoms in total. The summed E-state index contributed by atoms with van der Waals surface area (Å²) in [6.07, 6.45) is 4.63. The summed E-state index contributed by atoms with van der Waals surface area (Å²) in [5.74, 6) is -0.947. The number of pyridine rings is 2. The van der Waals surface area contributed by atoms with E-state index in [2.05, 4.69) is 9.97 Å². The fourth-order valence-corrected chi connectivity index (χ4v) is 1.41. The van der Waals surface area contributed by atoms with Gasteiger partial charge in [-0.2, -0.15) is 0 Å². The van der Waals surface area contributed by atoms with E-state index in [0.717, 1.165) is 0 Å². The van der Waals surface area contributed by atoms with E-state index in [1.807, 2.05) is 0 Å². The third kappa shape index (κ3) is 1.48. The highest BCUT2D eigenvalue weighted by molar-refractivity contribution is 6.05. The second-order valence-electron chi connectivity index (χ2n) is 2.91. The third-order valence-electron chi connectivity index (χ3n) is 2.06. The molecule has 0 unspecified atom stereocenters. The summed E-state index contributed by atoms with van der Waals surface area (Å²) in [6.45, 7) is 0. The first kappa shape index (κ1) is 9.39. The number of ether oxygens (including phenoxy) is 1. The first-order chi connectivity index (χ1) is 7.24. The average molecular weight is 204 g/mol. The first-order valence-electron chi connectivity index (χ1n) is 4.24. The number of carboxylic acid groups (broad SMARTS) is 1. The van der Waals surface area contributed by atoms with Gasteiger partial charge < -0.3 is 9.84 Å². The van der Waals surface area contributed by atoms with Crippen molar-refractivity contribution < 1.29 is 14.6 Å². The van der Waals surface area contributed by atoms with Gasteiger partial charge in [-0.15, -0.1) is 0 Å². The standard InChI is InChI=1S/C10H8N2O3/c1-15-9-8(10(13)14)7-2-3-11-4-6(7)5-12-9/h2-5H,1H3,(H,13,14). The zero-order valence-electron chi connectivity index (χ0n) is 7.97. The second kappa shape index (κ2) is 3.53. The summed E-state index contributed by atoms with van der Waals surface area (Å²) in [5, 5.41) is 10.3. The third-order valence-corrected chi connectivity index (χ3v) is 2.06. The molecule has 2 aromatic rings. The maximum Gasteiger partial charge on any atom is 0.341 e. The Morgan fingerprint density at radius 3 is 2.93 bits per heavy atom. The van der Waals surface area contributed by atoms with Gasteiger partial charge in [0.15, 0.2) is 0 Å². The lowest BCUT2D eigenvalue weighted by molar-refractivity contribution is 0.0695. The lowest BCUT2D eigenvalue weighted by Crippen LogP contribution is -2.03. The number of carbonyl (C=O) groups is 1. The van der Waals surface area contributed by atoms with Gasteiger partial charge in [0.25, 0.3) is 0 Å². The van der Waals surface area contributed by atoms with Gasteiger partial charge in [0, 0.05) is 29.4 Å². The molecule has 2 aromatic heterocycles. The van der Waals surface area contributed by atoms with Crippen molar-refractivity contribution in [1.82, 2.24) is 9.97 Å². The molecule has 5 heteroatoms. The molecule has 0 radical (unpaired) electrons.